The van der Waals surface area contributed by atoms with E-state index in [9.17, 15) is 14.4 Å². The van der Waals surface area contributed by atoms with Crippen molar-refractivity contribution in [1.29, 1.82) is 0 Å². The SMILES string of the molecule is CC(=O)/C=C/CC[C@@H]1C(=O)N[C@@H]1CC/C=C/C(C)=O. The minimum Gasteiger partial charge on any atom is -0.352 e. The molecule has 0 radical (unpaired) electrons. The summed E-state index contributed by atoms with van der Waals surface area (Å²) in [5.74, 6) is 0.214. The molecule has 0 aromatic rings. The number of hydrogen-bond donors (Lipinski definition) is 1. The van der Waals surface area contributed by atoms with Crippen LogP contribution in [-0.4, -0.2) is 23.5 Å². The highest BCUT2D eigenvalue weighted by molar-refractivity contribution is 5.87. The lowest BCUT2D eigenvalue weighted by Crippen LogP contribution is -2.57. The number of carbonyl (C=O) groups excluding carboxylic acids is 3. The fraction of sp³-hybridized carbons (Fsp3) is 0.533. The van der Waals surface area contributed by atoms with E-state index in [0.29, 0.717) is 0 Å². The summed E-state index contributed by atoms with van der Waals surface area (Å²) in [4.78, 5) is 32.9. The Labute approximate surface area is 113 Å². The van der Waals surface area contributed by atoms with E-state index in [0.717, 1.165) is 25.7 Å². The highest BCUT2D eigenvalue weighted by Crippen LogP contribution is 2.24. The summed E-state index contributed by atoms with van der Waals surface area (Å²) in [6.45, 7) is 3.03. The van der Waals surface area contributed by atoms with Gasteiger partial charge >= 0.3 is 0 Å². The summed E-state index contributed by atoms with van der Waals surface area (Å²) in [5.41, 5.74) is 0. The maximum atomic E-state index is 11.4. The van der Waals surface area contributed by atoms with Gasteiger partial charge < -0.3 is 5.32 Å². The van der Waals surface area contributed by atoms with Crippen LogP contribution in [0.25, 0.3) is 0 Å². The molecule has 1 aliphatic heterocycles. The summed E-state index contributed by atoms with van der Waals surface area (Å²) in [6, 6.07) is 0.204. The molecule has 1 rings (SSSR count). The van der Waals surface area contributed by atoms with Crippen molar-refractivity contribution in [3.05, 3.63) is 24.3 Å². The van der Waals surface area contributed by atoms with Crippen LogP contribution in [-0.2, 0) is 14.4 Å². The van der Waals surface area contributed by atoms with Gasteiger partial charge in [0.25, 0.3) is 0 Å². The van der Waals surface area contributed by atoms with Crippen LogP contribution in [0.5, 0.6) is 0 Å². The molecule has 19 heavy (non-hydrogen) atoms. The number of nitrogens with one attached hydrogen (secondary N) is 1. The van der Waals surface area contributed by atoms with Crippen LogP contribution in [0.2, 0.25) is 0 Å². The van der Waals surface area contributed by atoms with E-state index in [4.69, 9.17) is 0 Å². The van der Waals surface area contributed by atoms with Gasteiger partial charge in [0.2, 0.25) is 5.91 Å². The van der Waals surface area contributed by atoms with Crippen molar-refractivity contribution < 1.29 is 14.4 Å². The topological polar surface area (TPSA) is 63.2 Å². The molecule has 4 heteroatoms. The first-order valence-corrected chi connectivity index (χ1v) is 6.65. The van der Waals surface area contributed by atoms with Gasteiger partial charge in [0.1, 0.15) is 0 Å². The lowest BCUT2D eigenvalue weighted by Gasteiger charge is -2.36. The molecule has 1 N–H and O–H groups in total. The first kappa shape index (κ1) is 15.3. The van der Waals surface area contributed by atoms with E-state index in [1.165, 1.54) is 13.8 Å². The zero-order valence-corrected chi connectivity index (χ0v) is 11.5. The summed E-state index contributed by atoms with van der Waals surface area (Å²) < 4.78 is 0. The van der Waals surface area contributed by atoms with Crippen LogP contribution < -0.4 is 5.32 Å². The second-order valence-corrected chi connectivity index (χ2v) is 4.90. The largest absolute Gasteiger partial charge is 0.352 e. The van der Waals surface area contributed by atoms with Crippen LogP contribution in [0.3, 0.4) is 0 Å². The Kier molecular flexibility index (Phi) is 6.19. The predicted octanol–water partition coefficient (Wildman–Crippen LogP) is 1.95. The summed E-state index contributed by atoms with van der Waals surface area (Å²) >= 11 is 0. The molecule has 1 heterocycles. The molecule has 0 aromatic carbocycles. The summed E-state index contributed by atoms with van der Waals surface area (Å²) in [7, 11) is 0. The fourth-order valence-corrected chi connectivity index (χ4v) is 2.13. The third-order valence-corrected chi connectivity index (χ3v) is 3.14. The lowest BCUT2D eigenvalue weighted by molar-refractivity contribution is -0.135. The average molecular weight is 263 g/mol. The summed E-state index contributed by atoms with van der Waals surface area (Å²) in [6.07, 6.45) is 9.95. The zero-order chi connectivity index (χ0) is 14.3. The standard InChI is InChI=1S/C15H21NO3/c1-11(17)7-3-5-9-13-14(16-15(13)19)10-6-4-8-12(2)18/h3-4,7-8,13-14H,5-6,9-10H2,1-2H3,(H,16,19)/b7-3+,8-4+/t13-,14+/m0/s1. The molecule has 0 bridgehead atoms. The van der Waals surface area contributed by atoms with E-state index >= 15 is 0 Å². The van der Waals surface area contributed by atoms with E-state index in [2.05, 4.69) is 5.32 Å². The molecule has 2 atom stereocenters. The molecule has 1 amide bonds. The lowest BCUT2D eigenvalue weighted by atomic mass is 9.83. The third-order valence-electron chi connectivity index (χ3n) is 3.14. The second-order valence-electron chi connectivity index (χ2n) is 4.90. The van der Waals surface area contributed by atoms with Crippen molar-refractivity contribution >= 4 is 17.5 Å². The molecule has 0 aromatic heterocycles. The molecule has 0 saturated carbocycles. The van der Waals surface area contributed by atoms with E-state index < -0.39 is 0 Å². The third kappa shape index (κ3) is 5.64. The van der Waals surface area contributed by atoms with Gasteiger partial charge in [0.05, 0.1) is 5.92 Å². The minimum absolute atomic E-state index is 0.0315. The normalized spacial score (nSPS) is 22.5. The van der Waals surface area contributed by atoms with Crippen molar-refractivity contribution in [3.8, 4) is 0 Å². The molecule has 1 fully saturated rings. The molecule has 1 aliphatic rings. The van der Waals surface area contributed by atoms with Crippen molar-refractivity contribution in [2.24, 2.45) is 5.92 Å². The van der Waals surface area contributed by atoms with Gasteiger partial charge in [-0.2, -0.15) is 0 Å². The monoisotopic (exact) mass is 263 g/mol. The number of ketones is 2. The first-order chi connectivity index (χ1) is 9.00. The fourth-order valence-electron chi connectivity index (χ4n) is 2.13. The molecule has 0 aliphatic carbocycles. The van der Waals surface area contributed by atoms with Crippen LogP contribution in [0.15, 0.2) is 24.3 Å². The average Bonchev–Trinajstić information content (AvgIpc) is 2.31. The minimum atomic E-state index is 0.0315. The van der Waals surface area contributed by atoms with E-state index in [1.54, 1.807) is 12.2 Å². The van der Waals surface area contributed by atoms with Gasteiger partial charge in [-0.15, -0.1) is 0 Å². The molecule has 104 valence electrons. The Bertz CT molecular complexity index is 410. The Balaban J connectivity index is 2.26. The number of amides is 1. The number of β-lactam (4-membered cyclic amide) rings is 1. The Morgan fingerprint density at radius 2 is 1.58 bits per heavy atom. The van der Waals surface area contributed by atoms with Crippen LogP contribution in [0, 0.1) is 5.92 Å². The van der Waals surface area contributed by atoms with E-state index in [1.807, 2.05) is 12.2 Å². The molecular weight excluding hydrogens is 242 g/mol. The van der Waals surface area contributed by atoms with Crippen molar-refractivity contribution in [2.75, 3.05) is 0 Å². The van der Waals surface area contributed by atoms with Gasteiger partial charge in [-0.05, 0) is 51.7 Å². The Morgan fingerprint density at radius 3 is 2.05 bits per heavy atom. The van der Waals surface area contributed by atoms with Gasteiger partial charge in [0, 0.05) is 6.04 Å². The first-order valence-electron chi connectivity index (χ1n) is 6.65. The number of carbonyl (C=O) groups is 3. The predicted molar refractivity (Wildman–Crippen MR) is 73.5 cm³/mol. The number of allylic oxidation sites excluding steroid dienone is 4. The molecular formula is C15H21NO3. The van der Waals surface area contributed by atoms with Crippen LogP contribution >= 0.6 is 0 Å². The highest BCUT2D eigenvalue weighted by atomic mass is 16.2. The highest BCUT2D eigenvalue weighted by Gasteiger charge is 2.37. The van der Waals surface area contributed by atoms with Crippen LogP contribution in [0.4, 0.5) is 0 Å². The molecule has 0 unspecified atom stereocenters. The molecule has 4 nitrogen and oxygen atoms in total. The van der Waals surface area contributed by atoms with Crippen molar-refractivity contribution in [2.45, 2.75) is 45.6 Å². The number of hydrogen-bond acceptors (Lipinski definition) is 3. The van der Waals surface area contributed by atoms with Crippen molar-refractivity contribution in [3.63, 3.8) is 0 Å². The zero-order valence-electron chi connectivity index (χ0n) is 11.5. The smallest absolute Gasteiger partial charge is 0.225 e. The van der Waals surface area contributed by atoms with Gasteiger partial charge in [0.15, 0.2) is 11.6 Å². The number of rotatable bonds is 8. The van der Waals surface area contributed by atoms with Gasteiger partial charge in [-0.3, -0.25) is 14.4 Å². The summed E-state index contributed by atoms with van der Waals surface area (Å²) in [5, 5.41) is 2.88. The Hall–Kier alpha value is -1.71. The molecule has 1 saturated heterocycles. The van der Waals surface area contributed by atoms with Gasteiger partial charge in [-0.25, -0.2) is 0 Å². The Morgan fingerprint density at radius 1 is 1.05 bits per heavy atom. The maximum Gasteiger partial charge on any atom is 0.225 e. The second kappa shape index (κ2) is 7.67. The van der Waals surface area contributed by atoms with Crippen molar-refractivity contribution in [1.82, 2.24) is 5.32 Å². The molecule has 0 spiro atoms. The van der Waals surface area contributed by atoms with E-state index in [-0.39, 0.29) is 29.4 Å². The maximum absolute atomic E-state index is 11.4. The van der Waals surface area contributed by atoms with Crippen LogP contribution in [0.1, 0.15) is 39.5 Å². The quantitative estimate of drug-likeness (QED) is 0.538. The van der Waals surface area contributed by atoms with Gasteiger partial charge in [-0.1, -0.05) is 12.2 Å².